The molecule has 1 aliphatic carbocycles. The van der Waals surface area contributed by atoms with Gasteiger partial charge in [0.25, 0.3) is 5.91 Å². The molecule has 0 saturated heterocycles. The molecule has 2 aromatic carbocycles. The highest BCUT2D eigenvalue weighted by Crippen LogP contribution is 2.29. The predicted octanol–water partition coefficient (Wildman–Crippen LogP) is 4.28. The van der Waals surface area contributed by atoms with Crippen molar-refractivity contribution in [1.29, 1.82) is 0 Å². The number of hydrogen-bond donors (Lipinski definition) is 0. The minimum Gasteiger partial charge on any atom is -0.457 e. The summed E-state index contributed by atoms with van der Waals surface area (Å²) < 4.78 is 6.02. The van der Waals surface area contributed by atoms with E-state index < -0.39 is 5.97 Å². The van der Waals surface area contributed by atoms with Gasteiger partial charge in [-0.05, 0) is 48.1 Å². The standard InChI is InChI=1S/C21H21NO4/c1-15(23)22(26-16(2)24)14-17-11-12-20-18(13-17)7-6-10-21(20)25-19-8-4-3-5-9-19/h4,6-13H,3,5,14H2,1-2H3. The third-order valence-electron chi connectivity index (χ3n) is 4.01. The van der Waals surface area contributed by atoms with Crippen molar-refractivity contribution in [1.82, 2.24) is 5.06 Å². The number of carbonyl (C=O) groups excluding carboxylic acids is 2. The van der Waals surface area contributed by atoms with Gasteiger partial charge in [-0.3, -0.25) is 9.59 Å². The van der Waals surface area contributed by atoms with Crippen molar-refractivity contribution in [3.05, 3.63) is 65.9 Å². The number of benzene rings is 2. The summed E-state index contributed by atoms with van der Waals surface area (Å²) in [5, 5.41) is 3.03. The normalized spacial score (nSPS) is 13.2. The Morgan fingerprint density at radius 1 is 1.12 bits per heavy atom. The first kappa shape index (κ1) is 17.7. The molecule has 0 fully saturated rings. The van der Waals surface area contributed by atoms with E-state index in [4.69, 9.17) is 9.57 Å². The summed E-state index contributed by atoms with van der Waals surface area (Å²) in [7, 11) is 0. The number of ether oxygens (including phenoxy) is 1. The summed E-state index contributed by atoms with van der Waals surface area (Å²) in [6, 6.07) is 11.7. The molecule has 5 nitrogen and oxygen atoms in total. The maximum absolute atomic E-state index is 11.6. The minimum absolute atomic E-state index is 0.198. The molecule has 5 heteroatoms. The summed E-state index contributed by atoms with van der Waals surface area (Å²) in [5.74, 6) is 0.791. The van der Waals surface area contributed by atoms with Gasteiger partial charge < -0.3 is 9.57 Å². The molecule has 0 N–H and O–H groups in total. The van der Waals surface area contributed by atoms with Crippen LogP contribution in [0.3, 0.4) is 0 Å². The van der Waals surface area contributed by atoms with E-state index in [0.29, 0.717) is 0 Å². The summed E-state index contributed by atoms with van der Waals surface area (Å²) in [6.07, 6.45) is 8.19. The lowest BCUT2D eigenvalue weighted by atomic mass is 10.1. The molecular formula is C21H21NO4. The molecule has 3 rings (SSSR count). The Kier molecular flexibility index (Phi) is 5.37. The van der Waals surface area contributed by atoms with E-state index in [9.17, 15) is 9.59 Å². The van der Waals surface area contributed by atoms with Crippen LogP contribution in [0.25, 0.3) is 10.8 Å². The molecule has 0 saturated carbocycles. The second kappa shape index (κ2) is 7.87. The van der Waals surface area contributed by atoms with E-state index in [2.05, 4.69) is 12.2 Å². The zero-order valence-electron chi connectivity index (χ0n) is 14.9. The average molecular weight is 351 g/mol. The predicted molar refractivity (Wildman–Crippen MR) is 99.0 cm³/mol. The summed E-state index contributed by atoms with van der Waals surface area (Å²) in [6.45, 7) is 2.83. The van der Waals surface area contributed by atoms with E-state index in [0.717, 1.165) is 45.7 Å². The van der Waals surface area contributed by atoms with Crippen molar-refractivity contribution in [3.63, 3.8) is 0 Å². The second-order valence-electron chi connectivity index (χ2n) is 6.14. The maximum atomic E-state index is 11.6. The Morgan fingerprint density at radius 2 is 1.96 bits per heavy atom. The van der Waals surface area contributed by atoms with Gasteiger partial charge in [-0.15, -0.1) is 0 Å². The fraction of sp³-hybridized carbons (Fsp3) is 0.238. The molecule has 0 atom stereocenters. The first-order valence-corrected chi connectivity index (χ1v) is 8.56. The number of fused-ring (bicyclic) bond motifs is 1. The van der Waals surface area contributed by atoms with Gasteiger partial charge in [-0.2, -0.15) is 5.06 Å². The first-order valence-electron chi connectivity index (χ1n) is 8.56. The quantitative estimate of drug-likeness (QED) is 0.772. The number of amides is 1. The summed E-state index contributed by atoms with van der Waals surface area (Å²) in [4.78, 5) is 27.7. The third kappa shape index (κ3) is 4.30. The fourth-order valence-electron chi connectivity index (χ4n) is 2.81. The van der Waals surface area contributed by atoms with Crippen molar-refractivity contribution >= 4 is 22.6 Å². The number of carbonyl (C=O) groups is 2. The Hall–Kier alpha value is -3.08. The number of rotatable bonds is 4. The van der Waals surface area contributed by atoms with E-state index in [1.165, 1.54) is 13.8 Å². The van der Waals surface area contributed by atoms with Gasteiger partial charge in [0.15, 0.2) is 0 Å². The number of hydroxylamine groups is 2. The van der Waals surface area contributed by atoms with Gasteiger partial charge in [0.1, 0.15) is 11.5 Å². The van der Waals surface area contributed by atoms with Crippen LogP contribution in [0.5, 0.6) is 5.75 Å². The van der Waals surface area contributed by atoms with Gasteiger partial charge in [0.05, 0.1) is 6.54 Å². The van der Waals surface area contributed by atoms with Crippen molar-refractivity contribution in [2.75, 3.05) is 0 Å². The Bertz CT molecular complexity index is 898. The maximum Gasteiger partial charge on any atom is 0.329 e. The van der Waals surface area contributed by atoms with Gasteiger partial charge in [-0.25, -0.2) is 0 Å². The van der Waals surface area contributed by atoms with Crippen LogP contribution in [0.2, 0.25) is 0 Å². The molecule has 0 spiro atoms. The molecule has 1 amide bonds. The molecule has 0 bridgehead atoms. The second-order valence-corrected chi connectivity index (χ2v) is 6.14. The highest BCUT2D eigenvalue weighted by molar-refractivity contribution is 5.89. The smallest absolute Gasteiger partial charge is 0.329 e. The van der Waals surface area contributed by atoms with Crippen LogP contribution >= 0.6 is 0 Å². The molecule has 26 heavy (non-hydrogen) atoms. The zero-order chi connectivity index (χ0) is 18.5. The SMILES string of the molecule is CC(=O)ON(Cc1ccc2c(OC3=CCCC=C3)cccc2c1)C(C)=O. The van der Waals surface area contributed by atoms with Gasteiger partial charge in [0, 0.05) is 19.2 Å². The molecule has 2 aromatic rings. The van der Waals surface area contributed by atoms with Gasteiger partial charge in [-0.1, -0.05) is 30.3 Å². The lowest BCUT2D eigenvalue weighted by molar-refractivity contribution is -0.197. The number of nitrogens with zero attached hydrogens (tertiary/aromatic N) is 1. The lowest BCUT2D eigenvalue weighted by Crippen LogP contribution is -2.30. The van der Waals surface area contributed by atoms with Crippen molar-refractivity contribution < 1.29 is 19.2 Å². The molecule has 0 radical (unpaired) electrons. The van der Waals surface area contributed by atoms with Crippen LogP contribution in [-0.2, 0) is 21.0 Å². The first-order chi connectivity index (χ1) is 12.5. The average Bonchev–Trinajstić information content (AvgIpc) is 2.61. The highest BCUT2D eigenvalue weighted by atomic mass is 16.7. The molecule has 0 aliphatic heterocycles. The topological polar surface area (TPSA) is 55.8 Å². The number of allylic oxidation sites excluding steroid dienone is 3. The van der Waals surface area contributed by atoms with E-state index in [1.807, 2.05) is 42.5 Å². The zero-order valence-corrected chi connectivity index (χ0v) is 14.9. The largest absolute Gasteiger partial charge is 0.457 e. The molecular weight excluding hydrogens is 330 g/mol. The van der Waals surface area contributed by atoms with Crippen LogP contribution in [0.4, 0.5) is 0 Å². The minimum atomic E-state index is -0.523. The van der Waals surface area contributed by atoms with Gasteiger partial charge >= 0.3 is 5.97 Å². The van der Waals surface area contributed by atoms with Crippen molar-refractivity contribution in [3.8, 4) is 5.75 Å². The van der Waals surface area contributed by atoms with Crippen molar-refractivity contribution in [2.24, 2.45) is 0 Å². The summed E-state index contributed by atoms with van der Waals surface area (Å²) in [5.41, 5.74) is 0.864. The molecule has 0 unspecified atom stereocenters. The van der Waals surface area contributed by atoms with Crippen LogP contribution in [0.15, 0.2) is 60.4 Å². The molecule has 1 aliphatic rings. The Balaban J connectivity index is 1.85. The van der Waals surface area contributed by atoms with E-state index in [1.54, 1.807) is 0 Å². The Morgan fingerprint density at radius 3 is 2.65 bits per heavy atom. The Labute approximate surface area is 152 Å². The van der Waals surface area contributed by atoms with Gasteiger partial charge in [0.2, 0.25) is 0 Å². The van der Waals surface area contributed by atoms with E-state index in [-0.39, 0.29) is 12.5 Å². The summed E-state index contributed by atoms with van der Waals surface area (Å²) >= 11 is 0. The van der Waals surface area contributed by atoms with Crippen LogP contribution in [0, 0.1) is 0 Å². The van der Waals surface area contributed by atoms with Crippen LogP contribution < -0.4 is 4.74 Å². The molecule has 0 heterocycles. The fourth-order valence-corrected chi connectivity index (χ4v) is 2.81. The third-order valence-corrected chi connectivity index (χ3v) is 4.01. The highest BCUT2D eigenvalue weighted by Gasteiger charge is 2.14. The lowest BCUT2D eigenvalue weighted by Gasteiger charge is -2.19. The van der Waals surface area contributed by atoms with Crippen molar-refractivity contribution in [2.45, 2.75) is 33.2 Å². The van der Waals surface area contributed by atoms with Crippen LogP contribution in [0.1, 0.15) is 32.3 Å². The van der Waals surface area contributed by atoms with E-state index >= 15 is 0 Å². The number of hydrogen-bond acceptors (Lipinski definition) is 4. The van der Waals surface area contributed by atoms with Crippen LogP contribution in [-0.4, -0.2) is 16.9 Å². The molecule has 0 aromatic heterocycles. The molecule has 134 valence electrons. The monoisotopic (exact) mass is 351 g/mol.